The number of benzene rings is 2. The van der Waals surface area contributed by atoms with Gasteiger partial charge in [-0.05, 0) is 49.2 Å². The molecule has 152 valence electrons. The number of ether oxygens (including phenoxy) is 1. The average molecular weight is 405 g/mol. The van der Waals surface area contributed by atoms with Gasteiger partial charge in [0.25, 0.3) is 5.91 Å². The van der Waals surface area contributed by atoms with E-state index in [4.69, 9.17) is 4.74 Å². The SMILES string of the molecule is CCc1ccccc1O[C@@H](C)C(=O)Nc1ccc(S(=O)(=O)N(CC)CC)cc1. The van der Waals surface area contributed by atoms with Crippen LogP contribution in [0.25, 0.3) is 0 Å². The molecule has 0 radical (unpaired) electrons. The summed E-state index contributed by atoms with van der Waals surface area (Å²) in [6.45, 7) is 8.12. The smallest absolute Gasteiger partial charge is 0.265 e. The quantitative estimate of drug-likeness (QED) is 0.692. The molecule has 7 heteroatoms. The first-order valence-electron chi connectivity index (χ1n) is 9.49. The summed E-state index contributed by atoms with van der Waals surface area (Å²) >= 11 is 0. The topological polar surface area (TPSA) is 75.7 Å². The van der Waals surface area contributed by atoms with Gasteiger partial charge >= 0.3 is 0 Å². The van der Waals surface area contributed by atoms with E-state index in [2.05, 4.69) is 5.32 Å². The Labute approximate surface area is 167 Å². The monoisotopic (exact) mass is 404 g/mol. The third-order valence-corrected chi connectivity index (χ3v) is 6.56. The normalized spacial score (nSPS) is 12.6. The predicted molar refractivity (Wildman–Crippen MR) is 111 cm³/mol. The number of amides is 1. The Balaban J connectivity index is 2.06. The van der Waals surface area contributed by atoms with E-state index in [9.17, 15) is 13.2 Å². The minimum Gasteiger partial charge on any atom is -0.481 e. The Morgan fingerprint density at radius 2 is 1.64 bits per heavy atom. The van der Waals surface area contributed by atoms with Crippen LogP contribution >= 0.6 is 0 Å². The highest BCUT2D eigenvalue weighted by molar-refractivity contribution is 7.89. The van der Waals surface area contributed by atoms with Crippen LogP contribution in [-0.2, 0) is 21.2 Å². The maximum atomic E-state index is 12.5. The van der Waals surface area contributed by atoms with Crippen LogP contribution in [0.3, 0.4) is 0 Å². The van der Waals surface area contributed by atoms with Crippen molar-refractivity contribution in [1.82, 2.24) is 4.31 Å². The van der Waals surface area contributed by atoms with Gasteiger partial charge in [-0.3, -0.25) is 4.79 Å². The molecule has 0 aliphatic carbocycles. The minimum absolute atomic E-state index is 0.204. The summed E-state index contributed by atoms with van der Waals surface area (Å²) in [5.74, 6) is 0.388. The molecule has 2 aromatic carbocycles. The van der Waals surface area contributed by atoms with Gasteiger partial charge in [0.05, 0.1) is 4.90 Å². The van der Waals surface area contributed by atoms with Gasteiger partial charge in [0.1, 0.15) is 5.75 Å². The van der Waals surface area contributed by atoms with Gasteiger partial charge in [-0.25, -0.2) is 8.42 Å². The molecule has 1 N–H and O–H groups in total. The van der Waals surface area contributed by atoms with Crippen LogP contribution in [0.2, 0.25) is 0 Å². The highest BCUT2D eigenvalue weighted by atomic mass is 32.2. The molecule has 0 aliphatic rings. The number of hydrogen-bond donors (Lipinski definition) is 1. The third-order valence-electron chi connectivity index (χ3n) is 4.49. The van der Waals surface area contributed by atoms with Gasteiger partial charge < -0.3 is 10.1 Å². The Morgan fingerprint density at radius 3 is 2.21 bits per heavy atom. The van der Waals surface area contributed by atoms with Gasteiger partial charge in [-0.2, -0.15) is 4.31 Å². The number of nitrogens with zero attached hydrogens (tertiary/aromatic N) is 1. The lowest BCUT2D eigenvalue weighted by Crippen LogP contribution is -2.31. The molecule has 0 aliphatic heterocycles. The zero-order chi connectivity index (χ0) is 20.7. The van der Waals surface area contributed by atoms with Gasteiger partial charge in [-0.15, -0.1) is 0 Å². The molecule has 0 unspecified atom stereocenters. The van der Waals surface area contributed by atoms with Gasteiger partial charge in [-0.1, -0.05) is 39.0 Å². The average Bonchev–Trinajstić information content (AvgIpc) is 2.69. The lowest BCUT2D eigenvalue weighted by molar-refractivity contribution is -0.122. The van der Waals surface area contributed by atoms with Crippen LogP contribution in [0.5, 0.6) is 5.75 Å². The van der Waals surface area contributed by atoms with Crippen molar-refractivity contribution in [3.05, 3.63) is 54.1 Å². The molecule has 1 atom stereocenters. The molecule has 0 saturated carbocycles. The van der Waals surface area contributed by atoms with Crippen LogP contribution in [0.1, 0.15) is 33.3 Å². The summed E-state index contributed by atoms with van der Waals surface area (Å²) in [4.78, 5) is 12.6. The molecule has 1 amide bonds. The molecule has 2 rings (SSSR count). The van der Waals surface area contributed by atoms with Crippen molar-refractivity contribution in [1.29, 1.82) is 0 Å². The third kappa shape index (κ3) is 5.11. The lowest BCUT2D eigenvalue weighted by Gasteiger charge is -2.19. The van der Waals surface area contributed by atoms with Crippen LogP contribution in [0.15, 0.2) is 53.4 Å². The summed E-state index contributed by atoms with van der Waals surface area (Å²) in [5.41, 5.74) is 1.55. The van der Waals surface area contributed by atoms with E-state index in [1.54, 1.807) is 32.9 Å². The molecule has 28 heavy (non-hydrogen) atoms. The first kappa shape index (κ1) is 21.9. The van der Waals surface area contributed by atoms with Crippen LogP contribution in [0, 0.1) is 0 Å². The highest BCUT2D eigenvalue weighted by Crippen LogP contribution is 2.21. The number of anilines is 1. The van der Waals surface area contributed by atoms with E-state index in [0.29, 0.717) is 24.5 Å². The Morgan fingerprint density at radius 1 is 1.04 bits per heavy atom. The first-order chi connectivity index (χ1) is 13.3. The maximum Gasteiger partial charge on any atom is 0.265 e. The summed E-state index contributed by atoms with van der Waals surface area (Å²) < 4.78 is 32.2. The van der Waals surface area contributed by atoms with E-state index in [1.807, 2.05) is 31.2 Å². The Kier molecular flexibility index (Phi) is 7.60. The number of carbonyl (C=O) groups is 1. The molecule has 0 heterocycles. The van der Waals surface area contributed by atoms with E-state index < -0.39 is 16.1 Å². The van der Waals surface area contributed by atoms with Crippen molar-refractivity contribution >= 4 is 21.6 Å². The van der Waals surface area contributed by atoms with Crippen molar-refractivity contribution in [3.8, 4) is 5.75 Å². The van der Waals surface area contributed by atoms with Gasteiger partial charge in [0.15, 0.2) is 6.10 Å². The largest absolute Gasteiger partial charge is 0.481 e. The molecule has 0 fully saturated rings. The summed E-state index contributed by atoms with van der Waals surface area (Å²) in [7, 11) is -3.52. The van der Waals surface area contributed by atoms with Crippen LogP contribution in [-0.4, -0.2) is 37.8 Å². The number of nitrogens with one attached hydrogen (secondary N) is 1. The number of hydrogen-bond acceptors (Lipinski definition) is 4. The first-order valence-corrected chi connectivity index (χ1v) is 10.9. The Hall–Kier alpha value is -2.38. The summed E-state index contributed by atoms with van der Waals surface area (Å²) in [5, 5.41) is 2.76. The minimum atomic E-state index is -3.52. The molecule has 0 saturated heterocycles. The van der Waals surface area contributed by atoms with E-state index >= 15 is 0 Å². The second-order valence-electron chi connectivity index (χ2n) is 6.32. The standard InChI is InChI=1S/C21H28N2O4S/c1-5-17-10-8-9-11-20(17)27-16(4)21(24)22-18-12-14-19(15-13-18)28(25,26)23(6-2)7-3/h8-16H,5-7H2,1-4H3,(H,22,24)/t16-/m0/s1. The Bertz CT molecular complexity index is 891. The zero-order valence-electron chi connectivity index (χ0n) is 16.8. The molecular weight excluding hydrogens is 376 g/mol. The second kappa shape index (κ2) is 9.71. The number of rotatable bonds is 9. The van der Waals surface area contributed by atoms with Gasteiger partial charge in [0, 0.05) is 18.8 Å². The number of aryl methyl sites for hydroxylation is 1. The van der Waals surface area contributed by atoms with Crippen molar-refractivity contribution in [2.45, 2.75) is 45.1 Å². The fourth-order valence-electron chi connectivity index (χ4n) is 2.82. The second-order valence-corrected chi connectivity index (χ2v) is 8.26. The van der Waals surface area contributed by atoms with Crippen molar-refractivity contribution in [3.63, 3.8) is 0 Å². The summed E-state index contributed by atoms with van der Waals surface area (Å²) in [6.07, 6.45) is 0.124. The van der Waals surface area contributed by atoms with E-state index in [0.717, 1.165) is 12.0 Å². The molecule has 0 bridgehead atoms. The van der Waals surface area contributed by atoms with Crippen LogP contribution < -0.4 is 10.1 Å². The molecule has 6 nitrogen and oxygen atoms in total. The van der Waals surface area contributed by atoms with Gasteiger partial charge in [0.2, 0.25) is 10.0 Å². The van der Waals surface area contributed by atoms with E-state index in [-0.39, 0.29) is 10.8 Å². The number of carbonyl (C=O) groups excluding carboxylic acids is 1. The maximum absolute atomic E-state index is 12.5. The lowest BCUT2D eigenvalue weighted by atomic mass is 10.1. The molecule has 2 aromatic rings. The fourth-order valence-corrected chi connectivity index (χ4v) is 4.28. The zero-order valence-corrected chi connectivity index (χ0v) is 17.6. The van der Waals surface area contributed by atoms with E-state index in [1.165, 1.54) is 16.4 Å². The number of sulfonamides is 1. The van der Waals surface area contributed by atoms with Crippen molar-refractivity contribution in [2.75, 3.05) is 18.4 Å². The summed E-state index contributed by atoms with van der Waals surface area (Å²) in [6, 6.07) is 13.8. The fraction of sp³-hybridized carbons (Fsp3) is 0.381. The van der Waals surface area contributed by atoms with Crippen molar-refractivity contribution in [2.24, 2.45) is 0 Å². The van der Waals surface area contributed by atoms with Crippen LogP contribution in [0.4, 0.5) is 5.69 Å². The van der Waals surface area contributed by atoms with Crippen molar-refractivity contribution < 1.29 is 17.9 Å². The molecule has 0 spiro atoms. The molecular formula is C21H28N2O4S. The predicted octanol–water partition coefficient (Wildman–Crippen LogP) is 3.69. The highest BCUT2D eigenvalue weighted by Gasteiger charge is 2.22. The molecule has 0 aromatic heterocycles. The number of para-hydroxylation sites is 1.